The molecule has 5 nitrogen and oxygen atoms in total. The first-order valence-corrected chi connectivity index (χ1v) is 7.73. The molecule has 1 aliphatic heterocycles. The minimum atomic E-state index is 0.0475. The third-order valence-corrected chi connectivity index (χ3v) is 3.61. The molecule has 0 spiro atoms. The van der Waals surface area contributed by atoms with Crippen LogP contribution in [0.1, 0.15) is 12.8 Å². The van der Waals surface area contributed by atoms with Crippen LogP contribution in [0.2, 0.25) is 0 Å². The van der Waals surface area contributed by atoms with Crippen molar-refractivity contribution >= 4 is 28.8 Å². The zero-order valence-corrected chi connectivity index (χ0v) is 12.8. The van der Waals surface area contributed by atoms with Crippen molar-refractivity contribution in [2.75, 3.05) is 31.5 Å². The summed E-state index contributed by atoms with van der Waals surface area (Å²) in [6.45, 7) is 2.76. The maximum Gasteiger partial charge on any atom is 0.170 e. The normalized spacial score (nSPS) is 17.4. The van der Waals surface area contributed by atoms with E-state index in [-0.39, 0.29) is 11.8 Å². The summed E-state index contributed by atoms with van der Waals surface area (Å²) < 4.78 is 0. The highest BCUT2D eigenvalue weighted by atomic mass is 32.1. The second-order valence-corrected chi connectivity index (χ2v) is 5.45. The SMILES string of the molecule is O=C(CNCCNC(=S)Nc1ccccc1)C1CCCN1. The molecular formula is C15H22N4OS. The highest BCUT2D eigenvalue weighted by Gasteiger charge is 2.20. The van der Waals surface area contributed by atoms with Crippen molar-refractivity contribution in [2.24, 2.45) is 0 Å². The van der Waals surface area contributed by atoms with E-state index in [4.69, 9.17) is 12.2 Å². The van der Waals surface area contributed by atoms with Crippen molar-refractivity contribution in [2.45, 2.75) is 18.9 Å². The third-order valence-electron chi connectivity index (χ3n) is 3.37. The minimum Gasteiger partial charge on any atom is -0.361 e. The molecule has 1 unspecified atom stereocenters. The van der Waals surface area contributed by atoms with E-state index in [9.17, 15) is 4.79 Å². The van der Waals surface area contributed by atoms with Gasteiger partial charge in [-0.2, -0.15) is 0 Å². The second kappa shape index (κ2) is 8.71. The van der Waals surface area contributed by atoms with Crippen LogP contribution in [0.15, 0.2) is 30.3 Å². The van der Waals surface area contributed by atoms with E-state index in [1.807, 2.05) is 30.3 Å². The third kappa shape index (κ3) is 5.79. The van der Waals surface area contributed by atoms with E-state index < -0.39 is 0 Å². The summed E-state index contributed by atoms with van der Waals surface area (Å²) in [5, 5.41) is 13.1. The topological polar surface area (TPSA) is 65.2 Å². The minimum absolute atomic E-state index is 0.0475. The van der Waals surface area contributed by atoms with E-state index in [0.29, 0.717) is 24.7 Å². The molecule has 1 aliphatic rings. The van der Waals surface area contributed by atoms with E-state index >= 15 is 0 Å². The van der Waals surface area contributed by atoms with E-state index in [1.54, 1.807) is 0 Å². The fraction of sp³-hybridized carbons (Fsp3) is 0.467. The number of carbonyl (C=O) groups is 1. The first-order chi connectivity index (χ1) is 10.3. The average Bonchev–Trinajstić information content (AvgIpc) is 3.02. The quantitative estimate of drug-likeness (QED) is 0.443. The average molecular weight is 306 g/mol. The molecule has 1 aromatic rings. The van der Waals surface area contributed by atoms with Crippen LogP contribution in [0.4, 0.5) is 5.69 Å². The standard InChI is InChI=1S/C15H22N4OS/c20-14(13-7-4-8-17-13)11-16-9-10-18-15(21)19-12-5-2-1-3-6-12/h1-3,5-6,13,16-17H,4,7-11H2,(H2,18,19,21). The summed E-state index contributed by atoms with van der Waals surface area (Å²) in [7, 11) is 0. The van der Waals surface area contributed by atoms with Gasteiger partial charge in [0, 0.05) is 18.8 Å². The number of Topliss-reactive ketones (excluding diaryl/α,β-unsaturated/α-hetero) is 1. The molecule has 114 valence electrons. The summed E-state index contributed by atoms with van der Waals surface area (Å²) in [4.78, 5) is 11.8. The van der Waals surface area contributed by atoms with Gasteiger partial charge < -0.3 is 21.3 Å². The molecule has 1 aromatic carbocycles. The second-order valence-electron chi connectivity index (χ2n) is 5.04. The van der Waals surface area contributed by atoms with Gasteiger partial charge in [0.15, 0.2) is 10.9 Å². The highest BCUT2D eigenvalue weighted by Crippen LogP contribution is 2.05. The van der Waals surface area contributed by atoms with Gasteiger partial charge in [-0.3, -0.25) is 4.79 Å². The molecule has 0 bridgehead atoms. The Bertz CT molecular complexity index is 460. The zero-order valence-electron chi connectivity index (χ0n) is 12.0. The number of thiocarbonyl (C=S) groups is 1. The van der Waals surface area contributed by atoms with E-state index in [2.05, 4.69) is 21.3 Å². The van der Waals surface area contributed by atoms with Crippen LogP contribution in [-0.2, 0) is 4.79 Å². The van der Waals surface area contributed by atoms with Crippen molar-refractivity contribution in [3.63, 3.8) is 0 Å². The summed E-state index contributed by atoms with van der Waals surface area (Å²) in [6.07, 6.45) is 2.06. The lowest BCUT2D eigenvalue weighted by Crippen LogP contribution is -2.40. The molecule has 0 saturated carbocycles. The molecule has 0 aliphatic carbocycles. The number of anilines is 1. The van der Waals surface area contributed by atoms with Crippen LogP contribution in [0, 0.1) is 0 Å². The zero-order chi connectivity index (χ0) is 14.9. The molecule has 0 aromatic heterocycles. The Morgan fingerprint density at radius 1 is 1.29 bits per heavy atom. The molecule has 4 N–H and O–H groups in total. The molecule has 1 fully saturated rings. The van der Waals surface area contributed by atoms with Gasteiger partial charge in [-0.25, -0.2) is 0 Å². The number of para-hydroxylation sites is 1. The van der Waals surface area contributed by atoms with Crippen LogP contribution in [0.5, 0.6) is 0 Å². The van der Waals surface area contributed by atoms with Gasteiger partial charge in [0.25, 0.3) is 0 Å². The number of rotatable bonds is 7. The van der Waals surface area contributed by atoms with E-state index in [0.717, 1.165) is 25.1 Å². The fourth-order valence-corrected chi connectivity index (χ4v) is 2.48. The molecule has 1 saturated heterocycles. The molecule has 2 rings (SSSR count). The van der Waals surface area contributed by atoms with Crippen LogP contribution in [0.3, 0.4) is 0 Å². The van der Waals surface area contributed by atoms with Crippen molar-refractivity contribution in [1.82, 2.24) is 16.0 Å². The Balaban J connectivity index is 1.53. The van der Waals surface area contributed by atoms with Crippen molar-refractivity contribution < 1.29 is 4.79 Å². The van der Waals surface area contributed by atoms with Crippen LogP contribution in [-0.4, -0.2) is 43.1 Å². The van der Waals surface area contributed by atoms with Crippen molar-refractivity contribution in [1.29, 1.82) is 0 Å². The number of benzene rings is 1. The Morgan fingerprint density at radius 3 is 2.81 bits per heavy atom. The van der Waals surface area contributed by atoms with Gasteiger partial charge in [0.1, 0.15) is 0 Å². The Kier molecular flexibility index (Phi) is 6.59. The Morgan fingerprint density at radius 2 is 2.10 bits per heavy atom. The fourth-order valence-electron chi connectivity index (χ4n) is 2.26. The molecular weight excluding hydrogens is 284 g/mol. The van der Waals surface area contributed by atoms with Crippen molar-refractivity contribution in [3.05, 3.63) is 30.3 Å². The molecule has 1 heterocycles. The lowest BCUT2D eigenvalue weighted by Gasteiger charge is -2.12. The van der Waals surface area contributed by atoms with Crippen LogP contribution < -0.4 is 21.3 Å². The maximum atomic E-state index is 11.8. The van der Waals surface area contributed by atoms with Gasteiger partial charge >= 0.3 is 0 Å². The molecule has 1 atom stereocenters. The number of hydrogen-bond donors (Lipinski definition) is 4. The maximum absolute atomic E-state index is 11.8. The first kappa shape index (κ1) is 15.9. The van der Waals surface area contributed by atoms with Gasteiger partial charge in [0.05, 0.1) is 12.6 Å². The summed E-state index contributed by atoms with van der Waals surface area (Å²) >= 11 is 5.20. The molecule has 6 heteroatoms. The smallest absolute Gasteiger partial charge is 0.170 e. The molecule has 0 radical (unpaired) electrons. The Hall–Kier alpha value is -1.50. The van der Waals surface area contributed by atoms with Crippen molar-refractivity contribution in [3.8, 4) is 0 Å². The Labute approximate surface area is 130 Å². The van der Waals surface area contributed by atoms with E-state index in [1.165, 1.54) is 0 Å². The predicted molar refractivity (Wildman–Crippen MR) is 89.6 cm³/mol. The van der Waals surface area contributed by atoms with Crippen LogP contribution in [0.25, 0.3) is 0 Å². The van der Waals surface area contributed by atoms with Gasteiger partial charge in [-0.05, 0) is 43.7 Å². The lowest BCUT2D eigenvalue weighted by atomic mass is 10.1. The monoisotopic (exact) mass is 306 g/mol. The largest absolute Gasteiger partial charge is 0.361 e. The van der Waals surface area contributed by atoms with Gasteiger partial charge in [-0.1, -0.05) is 18.2 Å². The number of ketones is 1. The summed E-state index contributed by atoms with van der Waals surface area (Å²) in [6, 6.07) is 9.83. The number of nitrogens with one attached hydrogen (secondary N) is 4. The van der Waals surface area contributed by atoms with Crippen LogP contribution >= 0.6 is 12.2 Å². The first-order valence-electron chi connectivity index (χ1n) is 7.32. The number of hydrogen-bond acceptors (Lipinski definition) is 4. The predicted octanol–water partition coefficient (Wildman–Crippen LogP) is 0.884. The molecule has 0 amide bonds. The van der Waals surface area contributed by atoms with Gasteiger partial charge in [0.2, 0.25) is 0 Å². The lowest BCUT2D eigenvalue weighted by molar-refractivity contribution is -0.119. The van der Waals surface area contributed by atoms with Gasteiger partial charge in [-0.15, -0.1) is 0 Å². The summed E-state index contributed by atoms with van der Waals surface area (Å²) in [5.74, 6) is 0.248. The number of carbonyl (C=O) groups excluding carboxylic acids is 1. The molecule has 21 heavy (non-hydrogen) atoms. The highest BCUT2D eigenvalue weighted by molar-refractivity contribution is 7.80. The summed E-state index contributed by atoms with van der Waals surface area (Å²) in [5.41, 5.74) is 0.963.